The van der Waals surface area contributed by atoms with Gasteiger partial charge in [0.05, 0.1) is 14.2 Å². The number of carbonyl (C=O) groups is 1. The summed E-state index contributed by atoms with van der Waals surface area (Å²) in [6.07, 6.45) is 3.35. The summed E-state index contributed by atoms with van der Waals surface area (Å²) in [5.41, 5.74) is 2.72. The summed E-state index contributed by atoms with van der Waals surface area (Å²) in [5.74, 6) is 0.796. The highest BCUT2D eigenvalue weighted by atomic mass is 16.5. The normalized spacial score (nSPS) is 10.5. The number of carbonyl (C=O) groups excluding carboxylic acids is 1. The van der Waals surface area contributed by atoms with Gasteiger partial charge >= 0.3 is 0 Å². The summed E-state index contributed by atoms with van der Waals surface area (Å²) in [4.78, 5) is 18.4. The second-order valence-corrected chi connectivity index (χ2v) is 5.72. The average molecular weight is 352 g/mol. The predicted octanol–water partition coefficient (Wildman–Crippen LogP) is 2.87. The van der Waals surface area contributed by atoms with E-state index in [4.69, 9.17) is 9.47 Å². The van der Waals surface area contributed by atoms with Crippen molar-refractivity contribution in [3.8, 4) is 17.3 Å². The zero-order valence-electron chi connectivity index (χ0n) is 15.1. The molecule has 0 N–H and O–H groups in total. The van der Waals surface area contributed by atoms with Crippen LogP contribution < -0.4 is 14.4 Å². The van der Waals surface area contributed by atoms with Gasteiger partial charge in [0.25, 0.3) is 5.91 Å². The minimum Gasteiger partial charge on any atom is -0.494 e. The van der Waals surface area contributed by atoms with E-state index in [-0.39, 0.29) is 5.91 Å². The van der Waals surface area contributed by atoms with Crippen molar-refractivity contribution in [2.45, 2.75) is 6.92 Å². The summed E-state index contributed by atoms with van der Waals surface area (Å²) in [6.45, 7) is 1.99. The first-order valence-corrected chi connectivity index (χ1v) is 8.03. The number of hydrogen-bond acceptors (Lipinski definition) is 5. The number of aromatic nitrogens is 3. The molecule has 0 aliphatic heterocycles. The fourth-order valence-corrected chi connectivity index (χ4v) is 2.63. The van der Waals surface area contributed by atoms with Crippen LogP contribution in [0.25, 0.3) is 5.69 Å². The van der Waals surface area contributed by atoms with Crippen molar-refractivity contribution in [1.82, 2.24) is 14.8 Å². The Morgan fingerprint density at radius 3 is 2.69 bits per heavy atom. The largest absolute Gasteiger partial charge is 0.494 e. The van der Waals surface area contributed by atoms with Crippen molar-refractivity contribution in [3.05, 3.63) is 60.0 Å². The molecule has 0 radical (unpaired) electrons. The van der Waals surface area contributed by atoms with Gasteiger partial charge in [-0.2, -0.15) is 5.10 Å². The molecule has 0 aliphatic carbocycles. The highest BCUT2D eigenvalue weighted by Gasteiger charge is 2.20. The molecule has 0 bridgehead atoms. The van der Waals surface area contributed by atoms with E-state index in [1.807, 2.05) is 25.1 Å². The maximum absolute atomic E-state index is 12.8. The van der Waals surface area contributed by atoms with Gasteiger partial charge in [0, 0.05) is 19.4 Å². The number of pyridine rings is 1. The first kappa shape index (κ1) is 17.5. The molecular weight excluding hydrogens is 332 g/mol. The van der Waals surface area contributed by atoms with E-state index < -0.39 is 0 Å². The van der Waals surface area contributed by atoms with Gasteiger partial charge in [0.2, 0.25) is 5.88 Å². The summed E-state index contributed by atoms with van der Waals surface area (Å²) < 4.78 is 12.2. The highest BCUT2D eigenvalue weighted by Crippen LogP contribution is 2.26. The number of anilines is 1. The molecule has 0 unspecified atom stereocenters. The molecule has 7 nitrogen and oxygen atoms in total. The van der Waals surface area contributed by atoms with Crippen LogP contribution in [0.2, 0.25) is 0 Å². The molecule has 0 saturated heterocycles. The molecule has 0 spiro atoms. The minimum absolute atomic E-state index is 0.262. The average Bonchev–Trinajstić information content (AvgIpc) is 3.16. The predicted molar refractivity (Wildman–Crippen MR) is 98.4 cm³/mol. The first-order valence-electron chi connectivity index (χ1n) is 8.03. The number of methoxy groups -OCH3 is 2. The zero-order valence-corrected chi connectivity index (χ0v) is 15.1. The topological polar surface area (TPSA) is 69.5 Å². The van der Waals surface area contributed by atoms with Crippen LogP contribution in [-0.4, -0.2) is 41.9 Å². The Kier molecular flexibility index (Phi) is 4.88. The van der Waals surface area contributed by atoms with Gasteiger partial charge in [-0.05, 0) is 42.8 Å². The van der Waals surface area contributed by atoms with E-state index in [0.29, 0.717) is 23.0 Å². The molecule has 1 amide bonds. The molecule has 26 heavy (non-hydrogen) atoms. The fraction of sp³-hybridized carbons (Fsp3) is 0.211. The maximum Gasteiger partial charge on any atom is 0.278 e. The molecule has 1 aromatic carbocycles. The summed E-state index contributed by atoms with van der Waals surface area (Å²) in [5, 5.41) is 4.42. The Balaban J connectivity index is 1.92. The van der Waals surface area contributed by atoms with Crippen molar-refractivity contribution in [2.75, 3.05) is 26.2 Å². The Hall–Kier alpha value is -3.35. The van der Waals surface area contributed by atoms with E-state index in [9.17, 15) is 4.79 Å². The van der Waals surface area contributed by atoms with Crippen LogP contribution in [0.3, 0.4) is 0 Å². The van der Waals surface area contributed by atoms with Gasteiger partial charge in [-0.15, -0.1) is 0 Å². The van der Waals surface area contributed by atoms with Gasteiger partial charge in [0.1, 0.15) is 17.1 Å². The quantitative estimate of drug-likeness (QED) is 0.706. The third kappa shape index (κ3) is 3.23. The molecule has 3 aromatic rings. The number of nitrogens with zero attached hydrogens (tertiary/aromatic N) is 4. The van der Waals surface area contributed by atoms with Gasteiger partial charge in [-0.3, -0.25) is 4.79 Å². The first-order chi connectivity index (χ1) is 12.5. The van der Waals surface area contributed by atoms with E-state index >= 15 is 0 Å². The van der Waals surface area contributed by atoms with Crippen molar-refractivity contribution < 1.29 is 14.3 Å². The van der Waals surface area contributed by atoms with E-state index in [1.54, 1.807) is 49.4 Å². The second kappa shape index (κ2) is 7.26. The Labute approximate surface area is 151 Å². The molecule has 0 fully saturated rings. The number of aryl methyl sites for hydroxylation is 1. The van der Waals surface area contributed by atoms with Crippen LogP contribution in [0.1, 0.15) is 16.1 Å². The van der Waals surface area contributed by atoms with E-state index in [2.05, 4.69) is 10.1 Å². The van der Waals surface area contributed by atoms with Crippen molar-refractivity contribution in [3.63, 3.8) is 0 Å². The number of ether oxygens (including phenoxy) is 2. The Bertz CT molecular complexity index is 936. The minimum atomic E-state index is -0.262. The lowest BCUT2D eigenvalue weighted by atomic mass is 10.2. The summed E-state index contributed by atoms with van der Waals surface area (Å²) in [6, 6.07) is 11.0. The molecular formula is C19H20N4O3. The molecule has 2 aromatic heterocycles. The van der Waals surface area contributed by atoms with E-state index in [1.165, 1.54) is 12.0 Å². The molecule has 0 aliphatic rings. The molecule has 0 saturated carbocycles. The highest BCUT2D eigenvalue weighted by molar-refractivity contribution is 6.05. The monoisotopic (exact) mass is 352 g/mol. The third-order valence-corrected chi connectivity index (χ3v) is 4.00. The van der Waals surface area contributed by atoms with Gasteiger partial charge in [-0.25, -0.2) is 9.67 Å². The van der Waals surface area contributed by atoms with Crippen LogP contribution in [0.5, 0.6) is 11.6 Å². The lowest BCUT2D eigenvalue weighted by Crippen LogP contribution is -2.27. The molecule has 134 valence electrons. The SMILES string of the molecule is COc1ccc(C)cc1-n1ccc(C(=O)N(C)c2cccnc2OC)n1. The van der Waals surface area contributed by atoms with Gasteiger partial charge in [-0.1, -0.05) is 6.07 Å². The van der Waals surface area contributed by atoms with Crippen LogP contribution in [0.4, 0.5) is 5.69 Å². The van der Waals surface area contributed by atoms with E-state index in [0.717, 1.165) is 11.3 Å². The number of benzene rings is 1. The molecule has 0 atom stereocenters. The molecule has 2 heterocycles. The molecule has 7 heteroatoms. The lowest BCUT2D eigenvalue weighted by Gasteiger charge is -2.17. The van der Waals surface area contributed by atoms with Crippen molar-refractivity contribution in [1.29, 1.82) is 0 Å². The number of hydrogen-bond donors (Lipinski definition) is 0. The Morgan fingerprint density at radius 2 is 1.96 bits per heavy atom. The van der Waals surface area contributed by atoms with Crippen LogP contribution >= 0.6 is 0 Å². The van der Waals surface area contributed by atoms with Crippen molar-refractivity contribution in [2.24, 2.45) is 0 Å². The van der Waals surface area contributed by atoms with Crippen LogP contribution in [0, 0.1) is 6.92 Å². The summed E-state index contributed by atoms with van der Waals surface area (Å²) >= 11 is 0. The number of amides is 1. The van der Waals surface area contributed by atoms with Crippen molar-refractivity contribution >= 4 is 11.6 Å². The van der Waals surface area contributed by atoms with Gasteiger partial charge < -0.3 is 14.4 Å². The molecule has 3 rings (SSSR count). The maximum atomic E-state index is 12.8. The lowest BCUT2D eigenvalue weighted by molar-refractivity contribution is 0.0987. The third-order valence-electron chi connectivity index (χ3n) is 4.00. The fourth-order valence-electron chi connectivity index (χ4n) is 2.63. The second-order valence-electron chi connectivity index (χ2n) is 5.72. The zero-order chi connectivity index (χ0) is 18.7. The van der Waals surface area contributed by atoms with Crippen LogP contribution in [0.15, 0.2) is 48.8 Å². The standard InChI is InChI=1S/C19H20N4O3/c1-13-7-8-17(25-3)16(12-13)23-11-9-14(21-23)19(24)22(2)15-6-5-10-20-18(15)26-4/h5-12H,1-4H3. The number of rotatable bonds is 5. The smallest absolute Gasteiger partial charge is 0.278 e. The van der Waals surface area contributed by atoms with Crippen LogP contribution in [-0.2, 0) is 0 Å². The Morgan fingerprint density at radius 1 is 1.15 bits per heavy atom. The summed E-state index contributed by atoms with van der Waals surface area (Å²) in [7, 11) is 4.78. The van der Waals surface area contributed by atoms with Gasteiger partial charge in [0.15, 0.2) is 5.69 Å².